The molecule has 0 amide bonds. The van der Waals surface area contributed by atoms with Gasteiger partial charge in [0.1, 0.15) is 30.3 Å². The van der Waals surface area contributed by atoms with E-state index in [4.69, 9.17) is 9.47 Å². The van der Waals surface area contributed by atoms with Crippen LogP contribution in [0.5, 0.6) is 11.5 Å². The third-order valence-corrected chi connectivity index (χ3v) is 6.27. The van der Waals surface area contributed by atoms with Crippen LogP contribution in [0, 0.1) is 0 Å². The molecule has 0 spiro atoms. The van der Waals surface area contributed by atoms with Gasteiger partial charge in [-0.25, -0.2) is 0 Å². The molecule has 0 heterocycles. The van der Waals surface area contributed by atoms with Crippen molar-refractivity contribution in [2.75, 3.05) is 6.61 Å². The summed E-state index contributed by atoms with van der Waals surface area (Å²) in [5.41, 5.74) is -1.07. The van der Waals surface area contributed by atoms with Gasteiger partial charge in [0.25, 0.3) is 0 Å². The second-order valence-corrected chi connectivity index (χ2v) is 9.03. The topological polar surface area (TPSA) is 58.9 Å². The summed E-state index contributed by atoms with van der Waals surface area (Å²) in [5, 5.41) is 21.3. The maximum absolute atomic E-state index is 12.7. The molecule has 0 unspecified atom stereocenters. The van der Waals surface area contributed by atoms with Crippen LogP contribution in [0.15, 0.2) is 97.1 Å². The molecule has 4 nitrogen and oxygen atoms in total. The van der Waals surface area contributed by atoms with Gasteiger partial charge in [-0.1, -0.05) is 48.5 Å². The molecule has 0 radical (unpaired) electrons. The second kappa shape index (κ2) is 11.6. The summed E-state index contributed by atoms with van der Waals surface area (Å²) in [7, 11) is 0. The van der Waals surface area contributed by atoms with Crippen LogP contribution in [0.2, 0.25) is 0 Å². The zero-order valence-corrected chi connectivity index (χ0v) is 20.8. The van der Waals surface area contributed by atoms with E-state index >= 15 is 0 Å². The fourth-order valence-electron chi connectivity index (χ4n) is 3.92. The molecule has 10 heteroatoms. The SMILES string of the molecule is OCC(O)(c1ccc(COc2ccc(C(F)(F)F)cc2)cc1)c1ccc(COc2ccc(C(F)(F)F)cc2)cc1. The first-order valence-corrected chi connectivity index (χ1v) is 12.0. The summed E-state index contributed by atoms with van der Waals surface area (Å²) in [4.78, 5) is 0. The summed E-state index contributed by atoms with van der Waals surface area (Å²) in [6.45, 7) is -0.455. The van der Waals surface area contributed by atoms with Crippen molar-refractivity contribution < 1.29 is 46.0 Å². The van der Waals surface area contributed by atoms with Crippen LogP contribution >= 0.6 is 0 Å². The van der Waals surface area contributed by atoms with E-state index in [1.54, 1.807) is 48.5 Å². The van der Waals surface area contributed by atoms with E-state index in [1.807, 2.05) is 0 Å². The Labute approximate surface area is 226 Å². The van der Waals surface area contributed by atoms with Crippen molar-refractivity contribution in [2.24, 2.45) is 0 Å². The van der Waals surface area contributed by atoms with Crippen LogP contribution in [0.3, 0.4) is 0 Å². The number of aliphatic hydroxyl groups excluding tert-OH is 1. The number of rotatable bonds is 9. The predicted molar refractivity (Wildman–Crippen MR) is 135 cm³/mol. The first-order valence-electron chi connectivity index (χ1n) is 12.0. The average molecular weight is 563 g/mol. The molecule has 0 saturated heterocycles. The van der Waals surface area contributed by atoms with Crippen molar-refractivity contribution in [3.05, 3.63) is 130 Å². The number of hydrogen-bond acceptors (Lipinski definition) is 4. The van der Waals surface area contributed by atoms with E-state index in [0.29, 0.717) is 22.3 Å². The highest BCUT2D eigenvalue weighted by molar-refractivity contribution is 5.39. The van der Waals surface area contributed by atoms with Gasteiger partial charge < -0.3 is 19.7 Å². The van der Waals surface area contributed by atoms with Crippen molar-refractivity contribution in [1.82, 2.24) is 0 Å². The van der Waals surface area contributed by atoms with Gasteiger partial charge in [-0.3, -0.25) is 0 Å². The van der Waals surface area contributed by atoms with Gasteiger partial charge in [0.2, 0.25) is 0 Å². The number of benzene rings is 4. The Kier molecular flexibility index (Phi) is 8.41. The highest BCUT2D eigenvalue weighted by Gasteiger charge is 2.32. The van der Waals surface area contributed by atoms with E-state index < -0.39 is 35.7 Å². The standard InChI is InChI=1S/C30H24F6O4/c31-29(32,33)24-9-13-26(14-10-24)39-17-20-1-5-22(6-2-20)28(38,19-37)23-7-3-21(4-8-23)18-40-27-15-11-25(12-16-27)30(34,35)36/h1-16,37-38H,17-19H2. The van der Waals surface area contributed by atoms with Crippen LogP contribution in [0.1, 0.15) is 33.4 Å². The van der Waals surface area contributed by atoms with Crippen molar-refractivity contribution in [3.8, 4) is 11.5 Å². The minimum absolute atomic E-state index is 0.0802. The van der Waals surface area contributed by atoms with Gasteiger partial charge in [0.05, 0.1) is 17.7 Å². The van der Waals surface area contributed by atoms with E-state index in [2.05, 4.69) is 0 Å². The predicted octanol–water partition coefficient (Wildman–Crippen LogP) is 7.11. The van der Waals surface area contributed by atoms with Crippen LogP contribution in [-0.2, 0) is 31.2 Å². The minimum atomic E-state index is -4.43. The van der Waals surface area contributed by atoms with Gasteiger partial charge in [-0.15, -0.1) is 0 Å². The number of aliphatic hydroxyl groups is 2. The largest absolute Gasteiger partial charge is 0.489 e. The minimum Gasteiger partial charge on any atom is -0.489 e. The summed E-state index contributed by atoms with van der Waals surface area (Å²) in [6, 6.07) is 21.8. The van der Waals surface area contributed by atoms with Gasteiger partial charge in [0.15, 0.2) is 0 Å². The monoisotopic (exact) mass is 562 g/mol. The Balaban J connectivity index is 1.37. The molecular formula is C30H24F6O4. The molecule has 0 atom stereocenters. The van der Waals surface area contributed by atoms with Crippen LogP contribution in [-0.4, -0.2) is 16.8 Å². The molecule has 0 fully saturated rings. The molecule has 0 aliphatic heterocycles. The third kappa shape index (κ3) is 6.94. The fraction of sp³-hybridized carbons (Fsp3) is 0.200. The van der Waals surface area contributed by atoms with Crippen molar-refractivity contribution in [2.45, 2.75) is 31.2 Å². The zero-order chi connectivity index (χ0) is 29.0. The molecule has 0 aliphatic carbocycles. The molecule has 0 bridgehead atoms. The average Bonchev–Trinajstić information content (AvgIpc) is 2.94. The third-order valence-electron chi connectivity index (χ3n) is 6.27. The van der Waals surface area contributed by atoms with E-state index in [-0.39, 0.29) is 24.7 Å². The molecule has 0 aromatic heterocycles. The Morgan fingerprint density at radius 2 is 0.775 bits per heavy atom. The molecule has 4 aromatic rings. The van der Waals surface area contributed by atoms with Crippen molar-refractivity contribution in [3.63, 3.8) is 0 Å². The van der Waals surface area contributed by atoms with Crippen LogP contribution in [0.4, 0.5) is 26.3 Å². The molecule has 210 valence electrons. The Hall–Kier alpha value is -4.02. The first-order chi connectivity index (χ1) is 18.9. The number of halogens is 6. The molecule has 2 N–H and O–H groups in total. The maximum Gasteiger partial charge on any atom is 0.416 e. The highest BCUT2D eigenvalue weighted by Crippen LogP contribution is 2.33. The lowest BCUT2D eigenvalue weighted by molar-refractivity contribution is -0.138. The number of alkyl halides is 6. The summed E-state index contributed by atoms with van der Waals surface area (Å²) >= 11 is 0. The lowest BCUT2D eigenvalue weighted by atomic mass is 9.86. The lowest BCUT2D eigenvalue weighted by Gasteiger charge is -2.27. The van der Waals surface area contributed by atoms with Crippen LogP contribution < -0.4 is 9.47 Å². The maximum atomic E-state index is 12.7. The second-order valence-electron chi connectivity index (χ2n) is 9.03. The summed E-state index contributed by atoms with van der Waals surface area (Å²) < 4.78 is 87.3. The van der Waals surface area contributed by atoms with E-state index in [0.717, 1.165) is 24.3 Å². The highest BCUT2D eigenvalue weighted by atomic mass is 19.4. The van der Waals surface area contributed by atoms with Crippen molar-refractivity contribution >= 4 is 0 Å². The molecular weight excluding hydrogens is 538 g/mol. The first kappa shape index (κ1) is 29.0. The van der Waals surface area contributed by atoms with E-state index in [1.165, 1.54) is 24.3 Å². The Bertz CT molecular complexity index is 1270. The molecule has 0 saturated carbocycles. The smallest absolute Gasteiger partial charge is 0.416 e. The molecule has 4 aromatic carbocycles. The van der Waals surface area contributed by atoms with Gasteiger partial charge in [0, 0.05) is 0 Å². The van der Waals surface area contributed by atoms with Gasteiger partial charge in [-0.2, -0.15) is 26.3 Å². The number of hydrogen-bond donors (Lipinski definition) is 2. The number of ether oxygens (including phenoxy) is 2. The zero-order valence-electron chi connectivity index (χ0n) is 20.8. The summed E-state index contributed by atoms with van der Waals surface area (Å²) in [6.07, 6.45) is -8.86. The van der Waals surface area contributed by atoms with Crippen LogP contribution in [0.25, 0.3) is 0 Å². The molecule has 4 rings (SSSR count). The Morgan fingerprint density at radius 3 is 1.05 bits per heavy atom. The fourth-order valence-corrected chi connectivity index (χ4v) is 3.92. The van der Waals surface area contributed by atoms with Gasteiger partial charge >= 0.3 is 12.4 Å². The summed E-state index contributed by atoms with van der Waals surface area (Å²) in [5.74, 6) is 0.540. The quantitative estimate of drug-likeness (QED) is 0.214. The van der Waals surface area contributed by atoms with Crippen molar-refractivity contribution in [1.29, 1.82) is 0 Å². The van der Waals surface area contributed by atoms with Gasteiger partial charge in [-0.05, 0) is 70.8 Å². The normalized spacial score (nSPS) is 12.3. The molecule has 40 heavy (non-hydrogen) atoms. The Morgan fingerprint density at radius 1 is 0.475 bits per heavy atom. The van der Waals surface area contributed by atoms with E-state index in [9.17, 15) is 36.6 Å². The molecule has 0 aliphatic rings. The lowest BCUT2D eigenvalue weighted by Crippen LogP contribution is -2.31.